The van der Waals surface area contributed by atoms with E-state index in [9.17, 15) is 18.0 Å². The zero-order valence-electron chi connectivity index (χ0n) is 15.9. The van der Waals surface area contributed by atoms with E-state index in [1.807, 2.05) is 18.2 Å². The van der Waals surface area contributed by atoms with E-state index in [4.69, 9.17) is 0 Å². The van der Waals surface area contributed by atoms with Crippen molar-refractivity contribution < 1.29 is 18.0 Å². The number of benzene rings is 2. The summed E-state index contributed by atoms with van der Waals surface area (Å²) >= 11 is 0. The van der Waals surface area contributed by atoms with Crippen LogP contribution in [0.3, 0.4) is 0 Å². The molecule has 1 aliphatic rings. The van der Waals surface area contributed by atoms with Gasteiger partial charge in [0.1, 0.15) is 0 Å². The molecular formula is C20H23N3O4S. The van der Waals surface area contributed by atoms with Crippen LogP contribution < -0.4 is 0 Å². The van der Waals surface area contributed by atoms with Gasteiger partial charge in [0.2, 0.25) is 10.0 Å². The second-order valence-electron chi connectivity index (χ2n) is 6.76. The number of nitrogens with zero attached hydrogens (tertiary/aromatic N) is 3. The Balaban J connectivity index is 1.63. The zero-order valence-corrected chi connectivity index (χ0v) is 16.7. The van der Waals surface area contributed by atoms with E-state index < -0.39 is 10.0 Å². The highest BCUT2D eigenvalue weighted by molar-refractivity contribution is 7.89. The average Bonchev–Trinajstić information content (AvgIpc) is 2.73. The number of sulfonamides is 1. The molecule has 1 aliphatic heterocycles. The maximum absolute atomic E-state index is 12.7. The number of hydrogen-bond donors (Lipinski definition) is 0. The quantitative estimate of drug-likeness (QED) is 0.779. The molecule has 0 N–H and O–H groups in total. The average molecular weight is 401 g/mol. The summed E-state index contributed by atoms with van der Waals surface area (Å²) in [6.45, 7) is 1.81. The highest BCUT2D eigenvalue weighted by Gasteiger charge is 2.26. The normalized spacial score (nSPS) is 15.0. The first kappa shape index (κ1) is 20.0. The van der Waals surface area contributed by atoms with E-state index in [-0.39, 0.29) is 16.7 Å². The van der Waals surface area contributed by atoms with Gasteiger partial charge in [-0.15, -0.1) is 0 Å². The molecule has 1 heterocycles. The van der Waals surface area contributed by atoms with E-state index in [1.165, 1.54) is 38.4 Å². The predicted molar refractivity (Wildman–Crippen MR) is 106 cm³/mol. The molecule has 2 aromatic carbocycles. The molecule has 2 aromatic rings. The summed E-state index contributed by atoms with van der Waals surface area (Å²) in [6.07, 6.45) is 0. The number of carbonyl (C=O) groups is 2. The second kappa shape index (κ2) is 8.12. The molecule has 0 unspecified atom stereocenters. The summed E-state index contributed by atoms with van der Waals surface area (Å²) < 4.78 is 25.4. The fourth-order valence-electron chi connectivity index (χ4n) is 3.04. The number of carbonyl (C=O) groups excluding carboxylic acids is 2. The minimum absolute atomic E-state index is 0.0362. The van der Waals surface area contributed by atoms with Crippen molar-refractivity contribution in [2.75, 3.05) is 40.3 Å². The van der Waals surface area contributed by atoms with Crippen LogP contribution in [0.2, 0.25) is 0 Å². The van der Waals surface area contributed by atoms with Gasteiger partial charge < -0.3 is 9.80 Å². The van der Waals surface area contributed by atoms with Gasteiger partial charge in [-0.25, -0.2) is 12.7 Å². The van der Waals surface area contributed by atoms with Crippen LogP contribution in [0.4, 0.5) is 0 Å². The molecule has 0 saturated carbocycles. The predicted octanol–water partition coefficient (Wildman–Crippen LogP) is 1.54. The lowest BCUT2D eigenvalue weighted by atomic mass is 10.1. The van der Waals surface area contributed by atoms with Crippen molar-refractivity contribution in [3.63, 3.8) is 0 Å². The smallest absolute Gasteiger partial charge is 0.253 e. The first-order valence-corrected chi connectivity index (χ1v) is 10.4. The maximum atomic E-state index is 12.7. The third-order valence-corrected chi connectivity index (χ3v) is 6.58. The molecule has 0 radical (unpaired) electrons. The fraction of sp³-hybridized carbons (Fsp3) is 0.300. The first-order chi connectivity index (χ1) is 13.3. The Labute approximate surface area is 165 Å². The van der Waals surface area contributed by atoms with Gasteiger partial charge in [0.25, 0.3) is 11.8 Å². The Morgan fingerprint density at radius 1 is 0.750 bits per heavy atom. The lowest BCUT2D eigenvalue weighted by Crippen LogP contribution is -2.50. The van der Waals surface area contributed by atoms with Crippen molar-refractivity contribution in [1.82, 2.24) is 14.1 Å². The van der Waals surface area contributed by atoms with Crippen molar-refractivity contribution in [3.8, 4) is 0 Å². The maximum Gasteiger partial charge on any atom is 0.253 e. The molecule has 0 bridgehead atoms. The number of amides is 2. The molecule has 3 rings (SSSR count). The van der Waals surface area contributed by atoms with E-state index in [0.29, 0.717) is 37.3 Å². The fourth-order valence-corrected chi connectivity index (χ4v) is 3.94. The van der Waals surface area contributed by atoms with Gasteiger partial charge >= 0.3 is 0 Å². The second-order valence-corrected chi connectivity index (χ2v) is 8.91. The molecule has 1 fully saturated rings. The van der Waals surface area contributed by atoms with Gasteiger partial charge in [0, 0.05) is 51.4 Å². The van der Waals surface area contributed by atoms with Crippen molar-refractivity contribution in [3.05, 3.63) is 65.7 Å². The van der Waals surface area contributed by atoms with Crippen LogP contribution in [-0.4, -0.2) is 74.6 Å². The molecule has 7 nitrogen and oxygen atoms in total. The largest absolute Gasteiger partial charge is 0.335 e. The molecule has 0 spiro atoms. The van der Waals surface area contributed by atoms with Gasteiger partial charge in [0.05, 0.1) is 4.90 Å². The number of hydrogen-bond acceptors (Lipinski definition) is 4. The van der Waals surface area contributed by atoms with Crippen LogP contribution in [0.15, 0.2) is 59.5 Å². The van der Waals surface area contributed by atoms with Crippen molar-refractivity contribution in [1.29, 1.82) is 0 Å². The molecule has 0 atom stereocenters. The minimum Gasteiger partial charge on any atom is -0.335 e. The van der Waals surface area contributed by atoms with Gasteiger partial charge in [-0.2, -0.15) is 0 Å². The molecule has 0 aliphatic carbocycles. The number of rotatable bonds is 4. The summed E-state index contributed by atoms with van der Waals surface area (Å²) in [4.78, 5) is 28.8. The Morgan fingerprint density at radius 2 is 1.18 bits per heavy atom. The third-order valence-electron chi connectivity index (χ3n) is 4.75. The third kappa shape index (κ3) is 4.07. The van der Waals surface area contributed by atoms with Crippen LogP contribution in [0.5, 0.6) is 0 Å². The van der Waals surface area contributed by atoms with Crippen molar-refractivity contribution in [2.24, 2.45) is 0 Å². The monoisotopic (exact) mass is 401 g/mol. The van der Waals surface area contributed by atoms with Crippen LogP contribution in [0.25, 0.3) is 0 Å². The Hall–Kier alpha value is -2.71. The van der Waals surface area contributed by atoms with Crippen LogP contribution in [-0.2, 0) is 10.0 Å². The zero-order chi connectivity index (χ0) is 20.3. The van der Waals surface area contributed by atoms with Crippen molar-refractivity contribution in [2.45, 2.75) is 4.90 Å². The standard InChI is InChI=1S/C20H23N3O4S/c1-21(2)28(26,27)18-10-8-17(9-11-18)20(25)23-14-12-22(13-15-23)19(24)16-6-4-3-5-7-16/h3-11H,12-15H2,1-2H3. The molecule has 1 saturated heterocycles. The highest BCUT2D eigenvalue weighted by atomic mass is 32.2. The van der Waals surface area contributed by atoms with Gasteiger partial charge in [-0.05, 0) is 36.4 Å². The molecule has 28 heavy (non-hydrogen) atoms. The SMILES string of the molecule is CN(C)S(=O)(=O)c1ccc(C(=O)N2CCN(C(=O)c3ccccc3)CC2)cc1. The summed E-state index contributed by atoms with van der Waals surface area (Å²) in [5, 5.41) is 0. The van der Waals surface area contributed by atoms with E-state index >= 15 is 0 Å². The van der Waals surface area contributed by atoms with Gasteiger partial charge in [-0.1, -0.05) is 18.2 Å². The Bertz CT molecular complexity index is 949. The molecular weight excluding hydrogens is 378 g/mol. The van der Waals surface area contributed by atoms with Crippen LogP contribution in [0.1, 0.15) is 20.7 Å². The van der Waals surface area contributed by atoms with Crippen LogP contribution in [0, 0.1) is 0 Å². The van der Waals surface area contributed by atoms with Gasteiger partial charge in [0.15, 0.2) is 0 Å². The Morgan fingerprint density at radius 3 is 1.61 bits per heavy atom. The topological polar surface area (TPSA) is 78.0 Å². The van der Waals surface area contributed by atoms with E-state index in [0.717, 1.165) is 4.31 Å². The van der Waals surface area contributed by atoms with Gasteiger partial charge in [-0.3, -0.25) is 9.59 Å². The summed E-state index contributed by atoms with van der Waals surface area (Å²) in [7, 11) is -0.597. The molecule has 8 heteroatoms. The molecule has 148 valence electrons. The molecule has 0 aromatic heterocycles. The summed E-state index contributed by atoms with van der Waals surface area (Å²) in [5.74, 6) is -0.202. The van der Waals surface area contributed by atoms with E-state index in [2.05, 4.69) is 0 Å². The minimum atomic E-state index is -3.52. The summed E-state index contributed by atoms with van der Waals surface area (Å²) in [6, 6.07) is 15.0. The summed E-state index contributed by atoms with van der Waals surface area (Å²) in [5.41, 5.74) is 1.07. The lowest BCUT2D eigenvalue weighted by molar-refractivity contribution is 0.0535. The number of piperazine rings is 1. The lowest BCUT2D eigenvalue weighted by Gasteiger charge is -2.35. The molecule has 2 amide bonds. The van der Waals surface area contributed by atoms with Crippen LogP contribution >= 0.6 is 0 Å². The van der Waals surface area contributed by atoms with Crippen molar-refractivity contribution >= 4 is 21.8 Å². The first-order valence-electron chi connectivity index (χ1n) is 8.97. The highest BCUT2D eigenvalue weighted by Crippen LogP contribution is 2.16. The van der Waals surface area contributed by atoms with E-state index in [1.54, 1.807) is 21.9 Å². The Kier molecular flexibility index (Phi) is 5.81.